The van der Waals surface area contributed by atoms with Crippen molar-refractivity contribution in [2.24, 2.45) is 0 Å². The standard InChI is InChI=1S/C9H16ClNO/c1-8(5-10)6-11-4-2-3-9(11)7-12/h5,9,12H,2-4,6-7H2,1H3/t9-/m1/s1. The van der Waals surface area contributed by atoms with Gasteiger partial charge in [-0.2, -0.15) is 0 Å². The lowest BCUT2D eigenvalue weighted by Gasteiger charge is -2.22. The second-order valence-corrected chi connectivity index (χ2v) is 3.62. The van der Waals surface area contributed by atoms with Crippen molar-refractivity contribution in [3.63, 3.8) is 0 Å². The van der Waals surface area contributed by atoms with Crippen LogP contribution in [-0.2, 0) is 0 Å². The number of likely N-dealkylation sites (tertiary alicyclic amines) is 1. The highest BCUT2D eigenvalue weighted by molar-refractivity contribution is 6.25. The number of hydrogen-bond donors (Lipinski definition) is 1. The van der Waals surface area contributed by atoms with Crippen LogP contribution < -0.4 is 0 Å². The smallest absolute Gasteiger partial charge is 0.0587 e. The highest BCUT2D eigenvalue weighted by Gasteiger charge is 2.22. The van der Waals surface area contributed by atoms with Crippen molar-refractivity contribution in [3.8, 4) is 0 Å². The summed E-state index contributed by atoms with van der Waals surface area (Å²) < 4.78 is 0. The monoisotopic (exact) mass is 189 g/mol. The molecule has 70 valence electrons. The molecule has 1 heterocycles. The van der Waals surface area contributed by atoms with Crippen molar-refractivity contribution in [1.29, 1.82) is 0 Å². The summed E-state index contributed by atoms with van der Waals surface area (Å²) in [6.07, 6.45) is 2.31. The Morgan fingerprint density at radius 2 is 2.50 bits per heavy atom. The van der Waals surface area contributed by atoms with Gasteiger partial charge in [0, 0.05) is 18.1 Å². The first-order valence-electron chi connectivity index (χ1n) is 4.38. The molecule has 0 bridgehead atoms. The summed E-state index contributed by atoms with van der Waals surface area (Å²) in [4.78, 5) is 2.29. The summed E-state index contributed by atoms with van der Waals surface area (Å²) in [5.74, 6) is 0. The zero-order chi connectivity index (χ0) is 8.97. The van der Waals surface area contributed by atoms with E-state index < -0.39 is 0 Å². The Bertz CT molecular complexity index is 170. The Kier molecular flexibility index (Phi) is 4.06. The molecule has 0 amide bonds. The molecular formula is C9H16ClNO. The Labute approximate surface area is 78.8 Å². The van der Waals surface area contributed by atoms with Crippen LogP contribution in [0.25, 0.3) is 0 Å². The predicted octanol–water partition coefficient (Wildman–Crippen LogP) is 1.59. The maximum atomic E-state index is 9.03. The van der Waals surface area contributed by atoms with Crippen LogP contribution in [0.5, 0.6) is 0 Å². The molecule has 0 spiro atoms. The van der Waals surface area contributed by atoms with Crippen LogP contribution in [0.1, 0.15) is 19.8 Å². The van der Waals surface area contributed by atoms with Gasteiger partial charge < -0.3 is 5.11 Å². The van der Waals surface area contributed by atoms with E-state index in [1.54, 1.807) is 5.54 Å². The summed E-state index contributed by atoms with van der Waals surface area (Å²) in [6.45, 7) is 4.28. The topological polar surface area (TPSA) is 23.5 Å². The Morgan fingerprint density at radius 3 is 3.08 bits per heavy atom. The van der Waals surface area contributed by atoms with E-state index in [1.165, 1.54) is 6.42 Å². The molecule has 0 saturated carbocycles. The van der Waals surface area contributed by atoms with Crippen LogP contribution in [0.3, 0.4) is 0 Å². The molecule has 1 aliphatic heterocycles. The minimum absolute atomic E-state index is 0.273. The molecule has 0 unspecified atom stereocenters. The van der Waals surface area contributed by atoms with Crippen LogP contribution in [0, 0.1) is 0 Å². The molecule has 0 radical (unpaired) electrons. The van der Waals surface area contributed by atoms with E-state index in [2.05, 4.69) is 4.90 Å². The van der Waals surface area contributed by atoms with E-state index in [4.69, 9.17) is 16.7 Å². The van der Waals surface area contributed by atoms with Crippen molar-refractivity contribution < 1.29 is 5.11 Å². The van der Waals surface area contributed by atoms with E-state index in [-0.39, 0.29) is 6.61 Å². The molecule has 1 fully saturated rings. The number of aliphatic hydroxyl groups excluding tert-OH is 1. The van der Waals surface area contributed by atoms with Crippen LogP contribution in [0.2, 0.25) is 0 Å². The van der Waals surface area contributed by atoms with E-state index in [1.807, 2.05) is 6.92 Å². The summed E-state index contributed by atoms with van der Waals surface area (Å²) in [5, 5.41) is 9.03. The van der Waals surface area contributed by atoms with E-state index in [9.17, 15) is 0 Å². The van der Waals surface area contributed by atoms with Gasteiger partial charge in [0.2, 0.25) is 0 Å². The van der Waals surface area contributed by atoms with Crippen molar-refractivity contribution >= 4 is 11.6 Å². The summed E-state index contributed by atoms with van der Waals surface area (Å²) in [6, 6.07) is 0.358. The maximum absolute atomic E-state index is 9.03. The highest BCUT2D eigenvalue weighted by Crippen LogP contribution is 2.17. The molecule has 12 heavy (non-hydrogen) atoms. The van der Waals surface area contributed by atoms with E-state index >= 15 is 0 Å². The molecule has 0 aromatic heterocycles. The first-order valence-corrected chi connectivity index (χ1v) is 4.82. The zero-order valence-electron chi connectivity index (χ0n) is 7.46. The van der Waals surface area contributed by atoms with Crippen LogP contribution in [0.15, 0.2) is 11.1 Å². The van der Waals surface area contributed by atoms with E-state index in [0.29, 0.717) is 6.04 Å². The number of rotatable bonds is 3. The highest BCUT2D eigenvalue weighted by atomic mass is 35.5. The fourth-order valence-corrected chi connectivity index (χ4v) is 1.73. The van der Waals surface area contributed by atoms with Gasteiger partial charge in [-0.25, -0.2) is 0 Å². The van der Waals surface area contributed by atoms with Crippen molar-refractivity contribution in [1.82, 2.24) is 4.90 Å². The summed E-state index contributed by atoms with van der Waals surface area (Å²) in [7, 11) is 0. The van der Waals surface area contributed by atoms with Gasteiger partial charge in [-0.1, -0.05) is 11.6 Å². The number of hydrogen-bond acceptors (Lipinski definition) is 2. The molecule has 0 aromatic carbocycles. The Morgan fingerprint density at radius 1 is 1.75 bits per heavy atom. The van der Waals surface area contributed by atoms with Crippen molar-refractivity contribution in [2.45, 2.75) is 25.8 Å². The first-order chi connectivity index (χ1) is 5.77. The van der Waals surface area contributed by atoms with Crippen LogP contribution in [0.4, 0.5) is 0 Å². The molecular weight excluding hydrogens is 174 g/mol. The zero-order valence-corrected chi connectivity index (χ0v) is 8.22. The van der Waals surface area contributed by atoms with Crippen LogP contribution >= 0.6 is 11.6 Å². The average molecular weight is 190 g/mol. The maximum Gasteiger partial charge on any atom is 0.0587 e. The van der Waals surface area contributed by atoms with E-state index in [0.717, 1.165) is 25.1 Å². The van der Waals surface area contributed by atoms with Crippen LogP contribution in [-0.4, -0.2) is 35.7 Å². The van der Waals surface area contributed by atoms with Crippen molar-refractivity contribution in [2.75, 3.05) is 19.7 Å². The fraction of sp³-hybridized carbons (Fsp3) is 0.778. The second-order valence-electron chi connectivity index (χ2n) is 3.40. The Hall–Kier alpha value is -0.0500. The van der Waals surface area contributed by atoms with Gasteiger partial charge in [0.15, 0.2) is 0 Å². The molecule has 1 aliphatic rings. The lowest BCUT2D eigenvalue weighted by molar-refractivity contribution is 0.167. The molecule has 1 saturated heterocycles. The van der Waals surface area contributed by atoms with Gasteiger partial charge in [-0.05, 0) is 31.9 Å². The second kappa shape index (κ2) is 4.85. The van der Waals surface area contributed by atoms with Gasteiger partial charge in [0.1, 0.15) is 0 Å². The number of aliphatic hydroxyl groups is 1. The summed E-state index contributed by atoms with van der Waals surface area (Å²) >= 11 is 5.57. The SMILES string of the molecule is CC(=CCl)CN1CCC[C@@H]1CO. The largest absolute Gasteiger partial charge is 0.395 e. The third kappa shape index (κ3) is 2.47. The average Bonchev–Trinajstić information content (AvgIpc) is 2.51. The molecule has 3 heteroatoms. The third-order valence-corrected chi connectivity index (χ3v) is 2.72. The number of nitrogens with zero attached hydrogens (tertiary/aromatic N) is 1. The van der Waals surface area contributed by atoms with Crippen molar-refractivity contribution in [3.05, 3.63) is 11.1 Å². The fourth-order valence-electron chi connectivity index (χ4n) is 1.66. The molecule has 1 N–H and O–H groups in total. The predicted molar refractivity (Wildman–Crippen MR) is 51.3 cm³/mol. The molecule has 0 aromatic rings. The van der Waals surface area contributed by atoms with Gasteiger partial charge in [0.05, 0.1) is 6.61 Å². The molecule has 1 rings (SSSR count). The molecule has 0 aliphatic carbocycles. The molecule has 1 atom stereocenters. The minimum atomic E-state index is 0.273. The number of halogens is 1. The third-order valence-electron chi connectivity index (χ3n) is 2.35. The molecule has 2 nitrogen and oxygen atoms in total. The van der Waals surface area contributed by atoms with Gasteiger partial charge in [0.25, 0.3) is 0 Å². The van der Waals surface area contributed by atoms with Gasteiger partial charge >= 0.3 is 0 Å². The normalized spacial score (nSPS) is 26.6. The summed E-state index contributed by atoms with van der Waals surface area (Å²) in [5.41, 5.74) is 2.78. The lowest BCUT2D eigenvalue weighted by atomic mass is 10.2. The lowest BCUT2D eigenvalue weighted by Crippen LogP contribution is -2.33. The minimum Gasteiger partial charge on any atom is -0.395 e. The first kappa shape index (κ1) is 10.0. The Balaban J connectivity index is 2.40. The van der Waals surface area contributed by atoms with Gasteiger partial charge in [-0.15, -0.1) is 0 Å². The quantitative estimate of drug-likeness (QED) is 0.729. The van der Waals surface area contributed by atoms with Gasteiger partial charge in [-0.3, -0.25) is 4.90 Å².